The van der Waals surface area contributed by atoms with Crippen LogP contribution in [0.4, 0.5) is 13.2 Å². The number of carbonyl (C=O) groups is 1. The zero-order valence-electron chi connectivity index (χ0n) is 15.7. The summed E-state index contributed by atoms with van der Waals surface area (Å²) in [7, 11) is 0. The Bertz CT molecular complexity index is 987. The molecule has 0 aromatic heterocycles. The van der Waals surface area contributed by atoms with Crippen LogP contribution in [0.3, 0.4) is 0 Å². The van der Waals surface area contributed by atoms with Gasteiger partial charge in [-0.15, -0.1) is 13.2 Å². The van der Waals surface area contributed by atoms with E-state index in [0.717, 1.165) is 0 Å². The zero-order valence-corrected chi connectivity index (χ0v) is 15.7. The molecule has 0 radical (unpaired) electrons. The highest BCUT2D eigenvalue weighted by atomic mass is 19.4. The molecule has 2 aliphatic heterocycles. The Morgan fingerprint density at radius 2 is 1.93 bits per heavy atom. The summed E-state index contributed by atoms with van der Waals surface area (Å²) in [4.78, 5) is 19.1. The summed E-state index contributed by atoms with van der Waals surface area (Å²) in [6, 6.07) is 10.6. The van der Waals surface area contributed by atoms with E-state index in [1.807, 2.05) is 0 Å². The van der Waals surface area contributed by atoms with Gasteiger partial charge >= 0.3 is 6.36 Å². The van der Waals surface area contributed by atoms with E-state index in [9.17, 15) is 18.0 Å². The number of fused-ring (bicyclic) bond motifs is 1. The van der Waals surface area contributed by atoms with Gasteiger partial charge in [0, 0.05) is 6.21 Å². The van der Waals surface area contributed by atoms with Crippen LogP contribution in [0.25, 0.3) is 11.1 Å². The molecule has 2 aliphatic rings. The second-order valence-electron chi connectivity index (χ2n) is 6.72. The van der Waals surface area contributed by atoms with Gasteiger partial charge in [0.1, 0.15) is 24.3 Å². The molecular weight excluding hydrogens is 399 g/mol. The van der Waals surface area contributed by atoms with Gasteiger partial charge in [0.25, 0.3) is 5.91 Å². The number of hydrogen-bond donors (Lipinski definition) is 1. The molecule has 1 amide bonds. The molecular formula is C21H18F3N3O3. The number of allylic oxidation sites excluding steroid dienone is 1. The van der Waals surface area contributed by atoms with E-state index >= 15 is 0 Å². The Morgan fingerprint density at radius 1 is 1.17 bits per heavy atom. The highest BCUT2D eigenvalue weighted by Gasteiger charge is 2.31. The Kier molecular flexibility index (Phi) is 5.35. The van der Waals surface area contributed by atoms with Crippen molar-refractivity contribution in [3.8, 4) is 22.6 Å². The Morgan fingerprint density at radius 3 is 2.63 bits per heavy atom. The minimum atomic E-state index is -4.74. The molecule has 2 heterocycles. The topological polar surface area (TPSA) is 63.2 Å². The largest absolute Gasteiger partial charge is 0.573 e. The number of halogens is 3. The van der Waals surface area contributed by atoms with Crippen molar-refractivity contribution in [2.24, 2.45) is 4.99 Å². The van der Waals surface area contributed by atoms with Gasteiger partial charge in [-0.1, -0.05) is 18.2 Å². The Balaban J connectivity index is 1.56. The lowest BCUT2D eigenvalue weighted by Crippen LogP contribution is -2.42. The van der Waals surface area contributed by atoms with Crippen LogP contribution in [0, 0.1) is 0 Å². The quantitative estimate of drug-likeness (QED) is 0.826. The average Bonchev–Trinajstić information content (AvgIpc) is 2.87. The van der Waals surface area contributed by atoms with E-state index in [1.54, 1.807) is 41.6 Å². The smallest absolute Gasteiger partial charge is 0.491 e. The summed E-state index contributed by atoms with van der Waals surface area (Å²) < 4.78 is 46.7. The Hall–Kier alpha value is -3.49. The number of aliphatic imine (C=N–C) groups is 1. The van der Waals surface area contributed by atoms with Crippen LogP contribution in [-0.4, -0.2) is 49.2 Å². The second kappa shape index (κ2) is 8.10. The van der Waals surface area contributed by atoms with Gasteiger partial charge in [-0.3, -0.25) is 9.79 Å². The van der Waals surface area contributed by atoms with E-state index in [1.165, 1.54) is 24.3 Å². The van der Waals surface area contributed by atoms with E-state index < -0.39 is 6.36 Å². The lowest BCUT2D eigenvalue weighted by Gasteiger charge is -2.25. The summed E-state index contributed by atoms with van der Waals surface area (Å²) >= 11 is 0. The molecule has 1 N–H and O–H groups in total. The molecule has 156 valence electrons. The fourth-order valence-electron chi connectivity index (χ4n) is 3.28. The van der Waals surface area contributed by atoms with Crippen LogP contribution in [0.5, 0.6) is 11.5 Å². The minimum Gasteiger partial charge on any atom is -0.491 e. The second-order valence-corrected chi connectivity index (χ2v) is 6.72. The normalized spacial score (nSPS) is 18.3. The van der Waals surface area contributed by atoms with Gasteiger partial charge in [0.05, 0.1) is 18.7 Å². The predicted molar refractivity (Wildman–Crippen MR) is 105 cm³/mol. The molecule has 1 unspecified atom stereocenters. The first-order valence-corrected chi connectivity index (χ1v) is 9.26. The molecule has 30 heavy (non-hydrogen) atoms. The van der Waals surface area contributed by atoms with Crippen molar-refractivity contribution < 1.29 is 27.4 Å². The van der Waals surface area contributed by atoms with Crippen molar-refractivity contribution in [3.63, 3.8) is 0 Å². The molecule has 0 aliphatic carbocycles. The number of benzene rings is 2. The highest BCUT2D eigenvalue weighted by molar-refractivity contribution is 5.98. The summed E-state index contributed by atoms with van der Waals surface area (Å²) in [6.45, 7) is 1.16. The molecule has 1 atom stereocenters. The first kappa shape index (κ1) is 19.8. The zero-order chi connectivity index (χ0) is 21.1. The van der Waals surface area contributed by atoms with E-state index in [-0.39, 0.29) is 17.8 Å². The Labute approximate surface area is 170 Å². The standard InChI is InChI=1S/C21H18F3N3O3/c22-21(23,24)30-16-5-2-14(3-6-16)15-4-7-18-17(12-15)20(28)27(10-11-29-18)13-19-25-8-1-9-26-19/h1-9,12,19,25H,10-11,13H2. The first-order chi connectivity index (χ1) is 14.4. The fraction of sp³-hybridized carbons (Fsp3) is 0.238. The molecule has 4 rings (SSSR count). The maximum absolute atomic E-state index is 13.1. The number of rotatable bonds is 4. The molecule has 0 saturated heterocycles. The first-order valence-electron chi connectivity index (χ1n) is 9.26. The van der Waals surface area contributed by atoms with Crippen molar-refractivity contribution in [1.29, 1.82) is 0 Å². The van der Waals surface area contributed by atoms with Gasteiger partial charge < -0.3 is 19.7 Å². The summed E-state index contributed by atoms with van der Waals surface area (Å²) in [6.07, 6.45) is 0.250. The van der Waals surface area contributed by atoms with E-state index in [4.69, 9.17) is 4.74 Å². The lowest BCUT2D eigenvalue weighted by molar-refractivity contribution is -0.274. The molecule has 2 aromatic carbocycles. The lowest BCUT2D eigenvalue weighted by atomic mass is 10.0. The predicted octanol–water partition coefficient (Wildman–Crippen LogP) is 3.60. The number of nitrogens with zero attached hydrogens (tertiary/aromatic N) is 2. The van der Waals surface area contributed by atoms with Crippen molar-refractivity contribution in [2.45, 2.75) is 12.5 Å². The molecule has 6 nitrogen and oxygen atoms in total. The van der Waals surface area contributed by atoms with Crippen LogP contribution < -0.4 is 14.8 Å². The number of carbonyl (C=O) groups excluding carboxylic acids is 1. The number of hydrogen-bond acceptors (Lipinski definition) is 5. The third-order valence-electron chi connectivity index (χ3n) is 4.67. The van der Waals surface area contributed by atoms with Crippen LogP contribution in [0.15, 0.2) is 59.7 Å². The van der Waals surface area contributed by atoms with Gasteiger partial charge in [-0.05, 0) is 47.7 Å². The summed E-state index contributed by atoms with van der Waals surface area (Å²) in [5.74, 6) is -0.0163. The van der Waals surface area contributed by atoms with Gasteiger partial charge in [0.15, 0.2) is 0 Å². The molecule has 0 fully saturated rings. The number of alkyl halides is 3. The van der Waals surface area contributed by atoms with Crippen LogP contribution in [-0.2, 0) is 0 Å². The van der Waals surface area contributed by atoms with Crippen LogP contribution in [0.1, 0.15) is 10.4 Å². The van der Waals surface area contributed by atoms with Crippen molar-refractivity contribution in [1.82, 2.24) is 10.2 Å². The van der Waals surface area contributed by atoms with E-state index in [2.05, 4.69) is 15.0 Å². The van der Waals surface area contributed by atoms with Gasteiger partial charge in [-0.25, -0.2) is 0 Å². The van der Waals surface area contributed by atoms with Gasteiger partial charge in [0.2, 0.25) is 0 Å². The molecule has 0 saturated carbocycles. The molecule has 2 aromatic rings. The fourth-order valence-corrected chi connectivity index (χ4v) is 3.28. The number of ether oxygens (including phenoxy) is 2. The summed E-state index contributed by atoms with van der Waals surface area (Å²) in [5, 5.41) is 3.08. The SMILES string of the molecule is O=C1c2cc(-c3ccc(OC(F)(F)F)cc3)ccc2OCCN1CC1N=CC=CN1. The monoisotopic (exact) mass is 417 g/mol. The maximum atomic E-state index is 13.1. The average molecular weight is 417 g/mol. The van der Waals surface area contributed by atoms with Crippen molar-refractivity contribution in [3.05, 3.63) is 60.3 Å². The third kappa shape index (κ3) is 4.56. The number of nitrogens with one attached hydrogen (secondary N) is 1. The summed E-state index contributed by atoms with van der Waals surface area (Å²) in [5.41, 5.74) is 1.73. The van der Waals surface area contributed by atoms with Gasteiger partial charge in [-0.2, -0.15) is 0 Å². The van der Waals surface area contributed by atoms with Crippen LogP contribution >= 0.6 is 0 Å². The molecule has 9 heteroatoms. The maximum Gasteiger partial charge on any atom is 0.573 e. The molecule has 0 spiro atoms. The van der Waals surface area contributed by atoms with E-state index in [0.29, 0.717) is 42.1 Å². The van der Waals surface area contributed by atoms with Crippen molar-refractivity contribution >= 4 is 12.1 Å². The van der Waals surface area contributed by atoms with Crippen LogP contribution in [0.2, 0.25) is 0 Å². The third-order valence-corrected chi connectivity index (χ3v) is 4.67. The minimum absolute atomic E-state index is 0.187. The number of amides is 1. The molecule has 0 bridgehead atoms. The van der Waals surface area contributed by atoms with Crippen molar-refractivity contribution in [2.75, 3.05) is 19.7 Å². The highest BCUT2D eigenvalue weighted by Crippen LogP contribution is 2.31.